The van der Waals surface area contributed by atoms with Crippen LogP contribution in [0, 0.1) is 18.3 Å². The molecule has 1 heterocycles. The average Bonchev–Trinajstić information content (AvgIpc) is 2.67. The van der Waals surface area contributed by atoms with Gasteiger partial charge in [0.15, 0.2) is 4.34 Å². The predicted molar refractivity (Wildman–Crippen MR) is 66.5 cm³/mol. The Bertz CT molecular complexity index is 555. The molecule has 80 valence electrons. The van der Waals surface area contributed by atoms with E-state index in [0.717, 1.165) is 14.9 Å². The molecule has 1 aromatic heterocycles. The number of hydrogen-bond donors (Lipinski definition) is 1. The zero-order chi connectivity index (χ0) is 11.5. The van der Waals surface area contributed by atoms with Crippen molar-refractivity contribution in [3.05, 3.63) is 34.8 Å². The van der Waals surface area contributed by atoms with E-state index in [9.17, 15) is 0 Å². The molecular formula is C11H9N3S2. The van der Waals surface area contributed by atoms with Gasteiger partial charge in [-0.3, -0.25) is 0 Å². The molecule has 16 heavy (non-hydrogen) atoms. The van der Waals surface area contributed by atoms with Crippen molar-refractivity contribution in [3.63, 3.8) is 0 Å². The summed E-state index contributed by atoms with van der Waals surface area (Å²) in [6.07, 6.45) is 0. The highest BCUT2D eigenvalue weighted by Crippen LogP contribution is 2.33. The summed E-state index contributed by atoms with van der Waals surface area (Å²) in [6.45, 7) is 1.95. The molecule has 0 aliphatic rings. The predicted octanol–water partition coefficient (Wildman–Crippen LogP) is 3.06. The first-order chi connectivity index (χ1) is 7.69. The Morgan fingerprint density at radius 3 is 2.94 bits per heavy atom. The normalized spacial score (nSPS) is 10.0. The number of nitrogens with zero attached hydrogens (tertiary/aromatic N) is 2. The summed E-state index contributed by atoms with van der Waals surface area (Å²) in [6, 6.07) is 7.47. The second-order valence-electron chi connectivity index (χ2n) is 3.22. The molecule has 0 aliphatic heterocycles. The third-order valence-electron chi connectivity index (χ3n) is 1.92. The van der Waals surface area contributed by atoms with Gasteiger partial charge in [0.05, 0.1) is 5.56 Å². The number of benzene rings is 1. The van der Waals surface area contributed by atoms with Crippen molar-refractivity contribution in [2.75, 3.05) is 5.73 Å². The van der Waals surface area contributed by atoms with Gasteiger partial charge in [0.1, 0.15) is 6.07 Å². The Hall–Kier alpha value is -1.51. The second-order valence-corrected chi connectivity index (χ2v) is 5.37. The number of hydrogen-bond acceptors (Lipinski definition) is 5. The third-order valence-corrected chi connectivity index (χ3v) is 4.05. The lowest BCUT2D eigenvalue weighted by Crippen LogP contribution is -1.87. The zero-order valence-electron chi connectivity index (χ0n) is 8.60. The summed E-state index contributed by atoms with van der Waals surface area (Å²) in [7, 11) is 0. The molecule has 0 spiro atoms. The molecule has 2 aromatic rings. The molecule has 0 amide bonds. The van der Waals surface area contributed by atoms with E-state index in [2.05, 4.69) is 11.1 Å². The van der Waals surface area contributed by atoms with Gasteiger partial charge in [0.25, 0.3) is 0 Å². The highest BCUT2D eigenvalue weighted by atomic mass is 32.2. The number of aryl methyl sites for hydroxylation is 1. The van der Waals surface area contributed by atoms with Gasteiger partial charge < -0.3 is 5.73 Å². The molecule has 2 N–H and O–H groups in total. The lowest BCUT2D eigenvalue weighted by atomic mass is 10.2. The Kier molecular flexibility index (Phi) is 3.13. The molecule has 0 saturated carbocycles. The Labute approximate surface area is 102 Å². The van der Waals surface area contributed by atoms with Crippen LogP contribution in [-0.2, 0) is 0 Å². The Balaban J connectivity index is 2.31. The first-order valence-electron chi connectivity index (χ1n) is 4.58. The van der Waals surface area contributed by atoms with Gasteiger partial charge in [-0.1, -0.05) is 11.8 Å². The molecule has 0 unspecified atom stereocenters. The summed E-state index contributed by atoms with van der Waals surface area (Å²) in [4.78, 5) is 5.24. The van der Waals surface area contributed by atoms with Crippen molar-refractivity contribution in [1.29, 1.82) is 5.26 Å². The first kappa shape index (κ1) is 11.0. The maximum atomic E-state index is 8.99. The fourth-order valence-electron chi connectivity index (χ4n) is 1.20. The van der Waals surface area contributed by atoms with Crippen molar-refractivity contribution in [2.24, 2.45) is 0 Å². The SMILES string of the molecule is Cc1csc(Sc2ccc(N)cc2C#N)n1. The molecule has 0 atom stereocenters. The van der Waals surface area contributed by atoms with Crippen molar-refractivity contribution < 1.29 is 0 Å². The van der Waals surface area contributed by atoms with Crippen LogP contribution in [0.25, 0.3) is 0 Å². The van der Waals surface area contributed by atoms with E-state index >= 15 is 0 Å². The van der Waals surface area contributed by atoms with E-state index in [1.54, 1.807) is 23.5 Å². The van der Waals surface area contributed by atoms with Crippen LogP contribution in [-0.4, -0.2) is 4.98 Å². The maximum absolute atomic E-state index is 8.99. The molecule has 0 bridgehead atoms. The van der Waals surface area contributed by atoms with Gasteiger partial charge in [-0.15, -0.1) is 11.3 Å². The van der Waals surface area contributed by atoms with Crippen molar-refractivity contribution >= 4 is 28.8 Å². The minimum atomic E-state index is 0.595. The van der Waals surface area contributed by atoms with Crippen LogP contribution in [0.15, 0.2) is 32.8 Å². The quantitative estimate of drug-likeness (QED) is 0.828. The first-order valence-corrected chi connectivity index (χ1v) is 6.28. The number of thiazole rings is 1. The molecule has 3 nitrogen and oxygen atoms in total. The average molecular weight is 247 g/mol. The lowest BCUT2D eigenvalue weighted by Gasteiger charge is -2.01. The number of anilines is 1. The Morgan fingerprint density at radius 2 is 2.31 bits per heavy atom. The largest absolute Gasteiger partial charge is 0.399 e. The van der Waals surface area contributed by atoms with Crippen LogP contribution in [0.4, 0.5) is 5.69 Å². The van der Waals surface area contributed by atoms with Crippen LogP contribution in [0.3, 0.4) is 0 Å². The summed E-state index contributed by atoms with van der Waals surface area (Å²) < 4.78 is 0.943. The molecule has 0 fully saturated rings. The molecule has 1 aromatic carbocycles. The number of nitriles is 1. The number of nitrogens with two attached hydrogens (primary N) is 1. The fourth-order valence-corrected chi connectivity index (χ4v) is 3.05. The van der Waals surface area contributed by atoms with Crippen LogP contribution >= 0.6 is 23.1 Å². The van der Waals surface area contributed by atoms with Crippen LogP contribution in [0.1, 0.15) is 11.3 Å². The highest BCUT2D eigenvalue weighted by Gasteiger charge is 2.07. The minimum absolute atomic E-state index is 0.595. The van der Waals surface area contributed by atoms with E-state index < -0.39 is 0 Å². The van der Waals surface area contributed by atoms with Gasteiger partial charge in [-0.25, -0.2) is 4.98 Å². The van der Waals surface area contributed by atoms with Crippen molar-refractivity contribution in [2.45, 2.75) is 16.2 Å². The van der Waals surface area contributed by atoms with E-state index in [0.29, 0.717) is 11.3 Å². The number of nitrogen functional groups attached to an aromatic ring is 1. The molecular weight excluding hydrogens is 238 g/mol. The zero-order valence-corrected chi connectivity index (χ0v) is 10.2. The van der Waals surface area contributed by atoms with E-state index in [1.165, 1.54) is 11.8 Å². The lowest BCUT2D eigenvalue weighted by molar-refractivity contribution is 1.16. The van der Waals surface area contributed by atoms with Crippen molar-refractivity contribution in [1.82, 2.24) is 4.98 Å². The molecule has 0 aliphatic carbocycles. The molecule has 5 heteroatoms. The van der Waals surface area contributed by atoms with Crippen LogP contribution in [0.5, 0.6) is 0 Å². The molecule has 0 saturated heterocycles. The topological polar surface area (TPSA) is 62.7 Å². The van der Waals surface area contributed by atoms with Gasteiger partial charge in [0.2, 0.25) is 0 Å². The van der Waals surface area contributed by atoms with Gasteiger partial charge in [-0.05, 0) is 25.1 Å². The van der Waals surface area contributed by atoms with E-state index in [1.807, 2.05) is 18.4 Å². The van der Waals surface area contributed by atoms with Gasteiger partial charge >= 0.3 is 0 Å². The van der Waals surface area contributed by atoms with E-state index in [-0.39, 0.29) is 0 Å². The van der Waals surface area contributed by atoms with Gasteiger partial charge in [0, 0.05) is 21.7 Å². The number of aromatic nitrogens is 1. The Morgan fingerprint density at radius 1 is 1.50 bits per heavy atom. The van der Waals surface area contributed by atoms with Crippen LogP contribution < -0.4 is 5.73 Å². The summed E-state index contributed by atoms with van der Waals surface area (Å²) in [5.41, 5.74) is 7.83. The molecule has 0 radical (unpaired) electrons. The monoisotopic (exact) mass is 247 g/mol. The fraction of sp³-hybridized carbons (Fsp3) is 0.0909. The third kappa shape index (κ3) is 2.35. The summed E-state index contributed by atoms with van der Waals surface area (Å²) >= 11 is 3.08. The smallest absolute Gasteiger partial charge is 0.154 e. The standard InChI is InChI=1S/C11H9N3S2/c1-7-6-15-11(14-7)16-10-3-2-9(13)4-8(10)5-12/h2-4,6H,13H2,1H3. The summed E-state index contributed by atoms with van der Waals surface area (Å²) in [5.74, 6) is 0. The van der Waals surface area contributed by atoms with Gasteiger partial charge in [-0.2, -0.15) is 5.26 Å². The second kappa shape index (κ2) is 4.56. The molecule has 2 rings (SSSR count). The maximum Gasteiger partial charge on any atom is 0.154 e. The van der Waals surface area contributed by atoms with E-state index in [4.69, 9.17) is 11.0 Å². The highest BCUT2D eigenvalue weighted by molar-refractivity contribution is 8.01. The van der Waals surface area contributed by atoms with Crippen molar-refractivity contribution in [3.8, 4) is 6.07 Å². The summed E-state index contributed by atoms with van der Waals surface area (Å²) in [5, 5.41) is 11.0. The van der Waals surface area contributed by atoms with Crippen LogP contribution in [0.2, 0.25) is 0 Å². The minimum Gasteiger partial charge on any atom is -0.399 e. The number of rotatable bonds is 2.